The Morgan fingerprint density at radius 2 is 1.97 bits per heavy atom. The lowest BCUT2D eigenvalue weighted by Gasteiger charge is -2.29. The van der Waals surface area contributed by atoms with E-state index in [2.05, 4.69) is 27.2 Å². The van der Waals surface area contributed by atoms with Gasteiger partial charge in [0.15, 0.2) is 5.82 Å². The van der Waals surface area contributed by atoms with Gasteiger partial charge in [-0.25, -0.2) is 4.39 Å². The molecule has 6 rings (SSSR count). The van der Waals surface area contributed by atoms with E-state index in [4.69, 9.17) is 0 Å². The van der Waals surface area contributed by atoms with E-state index in [0.29, 0.717) is 29.7 Å². The van der Waals surface area contributed by atoms with E-state index in [-0.39, 0.29) is 36.3 Å². The second-order valence-electron chi connectivity index (χ2n) is 10.00. The molecule has 0 radical (unpaired) electrons. The lowest BCUT2D eigenvalue weighted by atomic mass is 10.0. The molecule has 1 aromatic carbocycles. The van der Waals surface area contributed by atoms with Gasteiger partial charge in [-0.2, -0.15) is 5.10 Å². The fraction of sp³-hybridized carbons (Fsp3) is 0.370. The minimum atomic E-state index is -0.687. The van der Waals surface area contributed by atoms with Crippen molar-refractivity contribution in [3.05, 3.63) is 69.9 Å². The molecular weight excluding hydrogens is 475 g/mol. The summed E-state index contributed by atoms with van der Waals surface area (Å²) in [6.45, 7) is 4.28. The highest BCUT2D eigenvalue weighted by molar-refractivity contribution is 6.05. The van der Waals surface area contributed by atoms with Crippen LogP contribution in [0.15, 0.2) is 30.5 Å². The first-order valence-corrected chi connectivity index (χ1v) is 12.4. The first-order chi connectivity index (χ1) is 17.8. The second kappa shape index (κ2) is 8.88. The molecule has 1 atom stereocenters. The fourth-order valence-corrected chi connectivity index (χ4v) is 5.60. The molecule has 37 heavy (non-hydrogen) atoms. The molecule has 190 valence electrons. The number of aryl methyl sites for hydroxylation is 1. The predicted octanol–water partition coefficient (Wildman–Crippen LogP) is 2.25. The van der Waals surface area contributed by atoms with Crippen molar-refractivity contribution in [2.75, 3.05) is 6.54 Å². The average Bonchev–Trinajstić information content (AvgIpc) is 3.35. The summed E-state index contributed by atoms with van der Waals surface area (Å²) in [6.07, 6.45) is 2.94. The number of benzene rings is 1. The number of rotatable bonds is 4. The van der Waals surface area contributed by atoms with Crippen LogP contribution in [0.2, 0.25) is 0 Å². The Bertz CT molecular complexity index is 1460. The van der Waals surface area contributed by atoms with Gasteiger partial charge in [0.2, 0.25) is 11.8 Å². The van der Waals surface area contributed by atoms with Crippen molar-refractivity contribution in [1.82, 2.24) is 29.9 Å². The molecule has 0 aliphatic carbocycles. The van der Waals surface area contributed by atoms with Crippen molar-refractivity contribution in [3.8, 4) is 11.3 Å². The number of carbonyl (C=O) groups is 3. The Kier molecular flexibility index (Phi) is 5.63. The third-order valence-electron chi connectivity index (χ3n) is 7.75. The summed E-state index contributed by atoms with van der Waals surface area (Å²) in [7, 11) is 1.95. The van der Waals surface area contributed by atoms with Crippen LogP contribution in [0.25, 0.3) is 11.3 Å². The summed E-state index contributed by atoms with van der Waals surface area (Å²) < 4.78 is 17.6. The van der Waals surface area contributed by atoms with Gasteiger partial charge in [0.05, 0.1) is 5.69 Å². The number of amides is 3. The highest BCUT2D eigenvalue weighted by atomic mass is 19.1. The van der Waals surface area contributed by atoms with Crippen molar-refractivity contribution in [2.24, 2.45) is 7.05 Å². The topological polar surface area (TPSA) is 100 Å². The van der Waals surface area contributed by atoms with E-state index in [1.807, 2.05) is 11.7 Å². The summed E-state index contributed by atoms with van der Waals surface area (Å²) >= 11 is 0. The number of nitrogens with zero attached hydrogens (tertiary/aromatic N) is 5. The smallest absolute Gasteiger partial charge is 0.255 e. The molecular formula is C27H27FN6O3. The van der Waals surface area contributed by atoms with Crippen molar-refractivity contribution in [3.63, 3.8) is 0 Å². The Morgan fingerprint density at radius 3 is 2.78 bits per heavy atom. The number of hydrogen-bond donors (Lipinski definition) is 1. The number of imide groups is 1. The summed E-state index contributed by atoms with van der Waals surface area (Å²) in [5.41, 5.74) is 6.06. The minimum Gasteiger partial charge on any atom is -0.322 e. The molecule has 3 amide bonds. The van der Waals surface area contributed by atoms with Crippen molar-refractivity contribution >= 4 is 17.7 Å². The molecule has 3 aliphatic rings. The molecule has 10 heteroatoms. The molecule has 3 aromatic rings. The van der Waals surface area contributed by atoms with Gasteiger partial charge in [-0.15, -0.1) is 0 Å². The molecule has 0 spiro atoms. The predicted molar refractivity (Wildman–Crippen MR) is 131 cm³/mol. The average molecular weight is 503 g/mol. The van der Waals surface area contributed by atoms with E-state index < -0.39 is 11.9 Å². The van der Waals surface area contributed by atoms with Crippen LogP contribution in [0.3, 0.4) is 0 Å². The van der Waals surface area contributed by atoms with E-state index >= 15 is 4.39 Å². The second-order valence-corrected chi connectivity index (χ2v) is 10.00. The molecule has 5 heterocycles. The number of pyridine rings is 1. The molecule has 0 saturated carbocycles. The molecule has 1 fully saturated rings. The number of halogens is 1. The van der Waals surface area contributed by atoms with E-state index in [9.17, 15) is 14.4 Å². The van der Waals surface area contributed by atoms with Crippen LogP contribution in [0.1, 0.15) is 51.3 Å². The van der Waals surface area contributed by atoms with Crippen LogP contribution in [-0.2, 0) is 42.7 Å². The molecule has 1 N–H and O–H groups in total. The molecule has 1 unspecified atom stereocenters. The van der Waals surface area contributed by atoms with Crippen LogP contribution in [-0.4, -0.2) is 54.9 Å². The quantitative estimate of drug-likeness (QED) is 0.550. The molecule has 0 bridgehead atoms. The van der Waals surface area contributed by atoms with E-state index in [1.54, 1.807) is 30.5 Å². The van der Waals surface area contributed by atoms with Gasteiger partial charge >= 0.3 is 0 Å². The van der Waals surface area contributed by atoms with Gasteiger partial charge in [0.25, 0.3) is 5.91 Å². The summed E-state index contributed by atoms with van der Waals surface area (Å²) in [6, 6.07) is 6.18. The molecule has 3 aliphatic heterocycles. The molecule has 1 saturated heterocycles. The van der Waals surface area contributed by atoms with Crippen LogP contribution < -0.4 is 5.32 Å². The highest BCUT2D eigenvalue weighted by Crippen LogP contribution is 2.32. The zero-order chi connectivity index (χ0) is 25.8. The van der Waals surface area contributed by atoms with Crippen LogP contribution in [0.5, 0.6) is 0 Å². The maximum atomic E-state index is 15.7. The SMILES string of the molecule is Cc1c2c(nn1C)CCN(Cc1ccnc(-c3ccc4c(c3)CN(C3CCC(=O)NC3=O)C4=O)c1F)C2. The molecule has 2 aromatic heterocycles. The summed E-state index contributed by atoms with van der Waals surface area (Å²) in [4.78, 5) is 44.8. The Labute approximate surface area is 213 Å². The largest absolute Gasteiger partial charge is 0.322 e. The van der Waals surface area contributed by atoms with Gasteiger partial charge < -0.3 is 4.90 Å². The Balaban J connectivity index is 1.23. The van der Waals surface area contributed by atoms with Gasteiger partial charge in [-0.3, -0.25) is 34.3 Å². The van der Waals surface area contributed by atoms with Gasteiger partial charge in [0, 0.05) is 80.2 Å². The lowest BCUT2D eigenvalue weighted by molar-refractivity contribution is -0.136. The maximum absolute atomic E-state index is 15.7. The zero-order valence-corrected chi connectivity index (χ0v) is 20.8. The first kappa shape index (κ1) is 23.5. The van der Waals surface area contributed by atoms with Crippen molar-refractivity contribution in [1.29, 1.82) is 0 Å². The van der Waals surface area contributed by atoms with E-state index in [1.165, 1.54) is 10.5 Å². The third-order valence-corrected chi connectivity index (χ3v) is 7.75. The molecule has 9 nitrogen and oxygen atoms in total. The standard InChI is InChI=1S/C27H27FN6O3/c1-15-20-14-33(10-8-21(20)31-32(15)2)12-17-7-9-29-25(24(17)28)16-3-4-19-18(11-16)13-34(27(19)37)22-5-6-23(35)30-26(22)36/h3-4,7,9,11,22H,5-6,8,10,12-14H2,1-2H3,(H,30,35,36). The number of piperidine rings is 1. The number of carbonyl (C=O) groups excluding carboxylic acids is 3. The Hall–Kier alpha value is -3.92. The van der Waals surface area contributed by atoms with Gasteiger partial charge in [-0.1, -0.05) is 6.07 Å². The number of fused-ring (bicyclic) bond motifs is 2. The monoisotopic (exact) mass is 502 g/mol. The number of nitrogens with one attached hydrogen (secondary N) is 1. The minimum absolute atomic E-state index is 0.197. The highest BCUT2D eigenvalue weighted by Gasteiger charge is 2.39. The third kappa shape index (κ3) is 4.01. The fourth-order valence-electron chi connectivity index (χ4n) is 5.60. The first-order valence-electron chi connectivity index (χ1n) is 12.4. The number of aromatic nitrogens is 3. The van der Waals surface area contributed by atoms with Crippen LogP contribution in [0, 0.1) is 12.7 Å². The van der Waals surface area contributed by atoms with Crippen molar-refractivity contribution in [2.45, 2.75) is 51.9 Å². The Morgan fingerprint density at radius 1 is 1.14 bits per heavy atom. The zero-order valence-electron chi connectivity index (χ0n) is 20.8. The van der Waals surface area contributed by atoms with Crippen LogP contribution >= 0.6 is 0 Å². The summed E-state index contributed by atoms with van der Waals surface area (Å²) in [5, 5.41) is 6.89. The normalized spacial score (nSPS) is 19.7. The summed E-state index contributed by atoms with van der Waals surface area (Å²) in [5.74, 6) is -1.41. The van der Waals surface area contributed by atoms with Crippen LogP contribution in [0.4, 0.5) is 4.39 Å². The van der Waals surface area contributed by atoms with E-state index in [0.717, 1.165) is 36.5 Å². The van der Waals surface area contributed by atoms with Gasteiger partial charge in [-0.05, 0) is 37.1 Å². The lowest BCUT2D eigenvalue weighted by Crippen LogP contribution is -2.52. The maximum Gasteiger partial charge on any atom is 0.255 e. The number of hydrogen-bond acceptors (Lipinski definition) is 6. The van der Waals surface area contributed by atoms with Crippen molar-refractivity contribution < 1.29 is 18.8 Å². The van der Waals surface area contributed by atoms with Gasteiger partial charge in [0.1, 0.15) is 11.7 Å².